The number of halogens is 2. The normalized spacial score (nSPS) is 8.92. The van der Waals surface area contributed by atoms with E-state index in [2.05, 4.69) is 4.74 Å². The molecule has 7 heteroatoms. The van der Waals surface area contributed by atoms with Gasteiger partial charge in [0, 0.05) is 5.34 Å². The summed E-state index contributed by atoms with van der Waals surface area (Å²) in [6.07, 6.45) is 0. The van der Waals surface area contributed by atoms with Gasteiger partial charge in [0.2, 0.25) is 0 Å². The van der Waals surface area contributed by atoms with Crippen molar-refractivity contribution >= 4 is 12.0 Å². The van der Waals surface area contributed by atoms with Crippen LogP contribution in [0.15, 0.2) is 0 Å². The molecule has 0 atom stereocenters. The van der Waals surface area contributed by atoms with Gasteiger partial charge >= 0.3 is 12.0 Å². The Morgan fingerprint density at radius 1 is 1.50 bits per heavy atom. The maximum absolute atomic E-state index is 11.3. The van der Waals surface area contributed by atoms with E-state index in [1.54, 1.807) is 12.2 Å². The van der Waals surface area contributed by atoms with Crippen LogP contribution in [0.5, 0.6) is 0 Å². The van der Waals surface area contributed by atoms with E-state index in [1.165, 1.54) is 0 Å². The minimum atomic E-state index is -1.65. The van der Waals surface area contributed by atoms with E-state index in [-0.39, 0.29) is 6.61 Å². The molecule has 0 aromatic carbocycles. The molecule has 0 aliphatic heterocycles. The van der Waals surface area contributed by atoms with Crippen molar-refractivity contribution in [3.05, 3.63) is 0 Å². The zero-order chi connectivity index (χ0) is 9.56. The molecular weight excluding hydrogens is 174 g/mol. The summed E-state index contributed by atoms with van der Waals surface area (Å²) >= 11 is 0. The fraction of sp³-hybridized carbons (Fsp3) is 0.600. The molecule has 70 valence electrons. The summed E-state index contributed by atoms with van der Waals surface area (Å²) in [4.78, 5) is 20.6. The van der Waals surface area contributed by atoms with E-state index in [0.29, 0.717) is 0 Å². The second-order valence-corrected chi connectivity index (χ2v) is 1.70. The zero-order valence-corrected chi connectivity index (χ0v) is 6.34. The van der Waals surface area contributed by atoms with Crippen LogP contribution < -0.4 is 5.32 Å². The highest BCUT2D eigenvalue weighted by Crippen LogP contribution is 1.88. The summed E-state index contributed by atoms with van der Waals surface area (Å²) in [6.45, 7) is 1.15. The molecule has 12 heavy (non-hydrogen) atoms. The number of urea groups is 1. The molecule has 1 N–H and O–H groups in total. The van der Waals surface area contributed by atoms with Gasteiger partial charge in [0.15, 0.2) is 0 Å². The molecule has 0 spiro atoms. The fourth-order valence-corrected chi connectivity index (χ4v) is 0.420. The first-order valence-electron chi connectivity index (χ1n) is 3.13. The van der Waals surface area contributed by atoms with Crippen LogP contribution in [-0.4, -0.2) is 30.5 Å². The third-order valence-corrected chi connectivity index (χ3v) is 0.843. The van der Waals surface area contributed by atoms with Crippen LogP contribution in [0.4, 0.5) is 13.8 Å². The van der Waals surface area contributed by atoms with E-state index in [0.717, 1.165) is 0 Å². The lowest BCUT2D eigenvalue weighted by Gasteiger charge is -2.03. The lowest BCUT2D eigenvalue weighted by atomic mass is 10.6. The predicted molar refractivity (Wildman–Crippen MR) is 34.1 cm³/mol. The van der Waals surface area contributed by atoms with Crippen LogP contribution in [0.2, 0.25) is 0 Å². The first kappa shape index (κ1) is 10.6. The van der Waals surface area contributed by atoms with Crippen molar-refractivity contribution in [2.75, 3.05) is 13.2 Å². The highest BCUT2D eigenvalue weighted by atomic mass is 19.4. The Balaban J connectivity index is 3.54. The van der Waals surface area contributed by atoms with Crippen molar-refractivity contribution in [3.8, 4) is 0 Å². The Morgan fingerprint density at radius 3 is 2.50 bits per heavy atom. The molecule has 0 radical (unpaired) electrons. The Bertz CT molecular complexity index is 174. The second-order valence-electron chi connectivity index (χ2n) is 1.70. The van der Waals surface area contributed by atoms with E-state index in [9.17, 15) is 18.6 Å². The van der Waals surface area contributed by atoms with Crippen molar-refractivity contribution in [1.82, 2.24) is 10.7 Å². The minimum Gasteiger partial charge on any atom is -0.465 e. The number of carbonyl (C=O) groups is 2. The largest absolute Gasteiger partial charge is 0.465 e. The van der Waals surface area contributed by atoms with Gasteiger partial charge in [-0.25, -0.2) is 4.79 Å². The first-order chi connectivity index (χ1) is 5.57. The smallest absolute Gasteiger partial charge is 0.376 e. The molecule has 0 heterocycles. The molecule has 0 fully saturated rings. The molecule has 0 aromatic heterocycles. The number of esters is 1. The Morgan fingerprint density at radius 2 is 2.08 bits per heavy atom. The van der Waals surface area contributed by atoms with Gasteiger partial charge in [0.25, 0.3) is 0 Å². The van der Waals surface area contributed by atoms with Crippen molar-refractivity contribution < 1.29 is 23.3 Å². The summed E-state index contributed by atoms with van der Waals surface area (Å²) in [7, 11) is 0. The average molecular weight is 182 g/mol. The van der Waals surface area contributed by atoms with Crippen molar-refractivity contribution in [3.63, 3.8) is 0 Å². The number of amides is 2. The molecule has 0 unspecified atom stereocenters. The van der Waals surface area contributed by atoms with Crippen LogP contribution in [-0.2, 0) is 9.53 Å². The number of nitrogens with one attached hydrogen (secondary N) is 1. The summed E-state index contributed by atoms with van der Waals surface area (Å²) in [5.41, 5.74) is 0. The van der Waals surface area contributed by atoms with Gasteiger partial charge in [-0.05, 0) is 6.92 Å². The zero-order valence-electron chi connectivity index (χ0n) is 6.34. The third-order valence-electron chi connectivity index (χ3n) is 0.843. The van der Waals surface area contributed by atoms with Crippen LogP contribution in [0.1, 0.15) is 6.92 Å². The van der Waals surface area contributed by atoms with E-state index in [1.807, 2.05) is 0 Å². The van der Waals surface area contributed by atoms with E-state index in [4.69, 9.17) is 0 Å². The quantitative estimate of drug-likeness (QED) is 0.505. The SMILES string of the molecule is CCOC(=O)CNC(=O)N(F)F. The first-order valence-corrected chi connectivity index (χ1v) is 3.13. The Labute approximate surface area is 67.1 Å². The summed E-state index contributed by atoms with van der Waals surface area (Å²) in [5.74, 6) is -0.757. The molecule has 0 rings (SSSR count). The molecule has 0 aromatic rings. The number of hydrogen-bond acceptors (Lipinski definition) is 3. The van der Waals surface area contributed by atoms with Crippen molar-refractivity contribution in [2.45, 2.75) is 6.92 Å². The molecule has 0 aliphatic rings. The highest BCUT2D eigenvalue weighted by Gasteiger charge is 2.12. The molecule has 0 bridgehead atoms. The van der Waals surface area contributed by atoms with Gasteiger partial charge in [-0.15, -0.1) is 0 Å². The predicted octanol–water partition coefficient (Wildman–Crippen LogP) is 0.330. The van der Waals surface area contributed by atoms with Gasteiger partial charge < -0.3 is 10.1 Å². The monoisotopic (exact) mass is 182 g/mol. The van der Waals surface area contributed by atoms with Crippen molar-refractivity contribution in [1.29, 1.82) is 0 Å². The molecule has 2 amide bonds. The summed E-state index contributed by atoms with van der Waals surface area (Å²) in [5, 5.41) is -0.0244. The molecule has 5 nitrogen and oxygen atoms in total. The van der Waals surface area contributed by atoms with Gasteiger partial charge in [-0.2, -0.15) is 0 Å². The summed E-state index contributed by atoms with van der Waals surface area (Å²) in [6, 6.07) is -1.64. The van der Waals surface area contributed by atoms with Crippen LogP contribution in [0, 0.1) is 0 Å². The number of hydrogen-bond donors (Lipinski definition) is 1. The second kappa shape index (κ2) is 5.28. The average Bonchev–Trinajstić information content (AvgIpc) is 2.00. The standard InChI is InChI=1S/C5H8F2N2O3/c1-2-12-4(10)3-8-5(11)9(6)7/h2-3H2,1H3,(H,8,11). The number of carbonyl (C=O) groups excluding carboxylic acids is 2. The topological polar surface area (TPSA) is 58.6 Å². The molecule has 0 aliphatic carbocycles. The Hall–Kier alpha value is -1.40. The van der Waals surface area contributed by atoms with E-state index < -0.39 is 23.9 Å². The minimum absolute atomic E-state index is 0.143. The molecule has 0 saturated carbocycles. The van der Waals surface area contributed by atoms with Gasteiger partial charge in [-0.3, -0.25) is 4.79 Å². The number of ether oxygens (including phenoxy) is 1. The van der Waals surface area contributed by atoms with Gasteiger partial charge in [0.1, 0.15) is 6.54 Å². The van der Waals surface area contributed by atoms with Gasteiger partial charge in [0.05, 0.1) is 6.61 Å². The molecule has 0 saturated heterocycles. The Kier molecular flexibility index (Phi) is 4.66. The maximum Gasteiger partial charge on any atom is 0.376 e. The lowest BCUT2D eigenvalue weighted by molar-refractivity contribution is -0.142. The van der Waals surface area contributed by atoms with Crippen molar-refractivity contribution in [2.24, 2.45) is 0 Å². The van der Waals surface area contributed by atoms with Crippen LogP contribution in [0.3, 0.4) is 0 Å². The lowest BCUT2D eigenvalue weighted by Crippen LogP contribution is -2.34. The molecular formula is C5H8F2N2O3. The van der Waals surface area contributed by atoms with Crippen LogP contribution >= 0.6 is 0 Å². The van der Waals surface area contributed by atoms with Gasteiger partial charge in [-0.1, -0.05) is 8.96 Å². The fourth-order valence-electron chi connectivity index (χ4n) is 0.420. The maximum atomic E-state index is 11.3. The van der Waals surface area contributed by atoms with Crippen LogP contribution in [0.25, 0.3) is 0 Å². The van der Waals surface area contributed by atoms with E-state index >= 15 is 0 Å². The number of nitrogens with zero attached hydrogens (tertiary/aromatic N) is 1. The number of rotatable bonds is 3. The third kappa shape index (κ3) is 4.42. The summed E-state index contributed by atoms with van der Waals surface area (Å²) < 4.78 is 27.0. The highest BCUT2D eigenvalue weighted by molar-refractivity contribution is 5.79.